The van der Waals surface area contributed by atoms with Crippen molar-refractivity contribution in [3.63, 3.8) is 0 Å². The molecule has 4 fully saturated rings. The van der Waals surface area contributed by atoms with Crippen LogP contribution in [0.1, 0.15) is 51.4 Å². The molecule has 0 bridgehead atoms. The Morgan fingerprint density at radius 3 is 2.33 bits per heavy atom. The molecule has 3 aliphatic carbocycles. The molecule has 6 unspecified atom stereocenters. The zero-order chi connectivity index (χ0) is 9.83. The molecule has 0 N–H and O–H groups in total. The lowest BCUT2D eigenvalue weighted by Gasteiger charge is -2.34. The van der Waals surface area contributed by atoms with Crippen molar-refractivity contribution in [3.8, 4) is 0 Å². The third kappa shape index (κ3) is 1.41. The highest BCUT2D eigenvalue weighted by molar-refractivity contribution is 8.07. The lowest BCUT2D eigenvalue weighted by molar-refractivity contribution is 0.166. The number of rotatable bonds is 0. The van der Waals surface area contributed by atoms with Gasteiger partial charge in [-0.2, -0.15) is 11.8 Å². The Balaban J connectivity index is 1.62. The minimum Gasteiger partial charge on any atom is -0.153 e. The Kier molecular flexibility index (Phi) is 2.14. The van der Waals surface area contributed by atoms with E-state index in [9.17, 15) is 0 Å². The SMILES string of the molecule is C1CC2CCCC3C(CCC4SC43)C2C1. The molecular weight excluding hydrogens is 200 g/mol. The van der Waals surface area contributed by atoms with Gasteiger partial charge in [-0.25, -0.2) is 0 Å². The molecule has 0 radical (unpaired) electrons. The summed E-state index contributed by atoms with van der Waals surface area (Å²) in [6.07, 6.45) is 12.6. The van der Waals surface area contributed by atoms with Crippen molar-refractivity contribution in [3.05, 3.63) is 0 Å². The van der Waals surface area contributed by atoms with E-state index in [1.165, 1.54) is 5.92 Å². The van der Waals surface area contributed by atoms with Gasteiger partial charge in [-0.3, -0.25) is 0 Å². The maximum absolute atomic E-state index is 2.33. The summed E-state index contributed by atoms with van der Waals surface area (Å²) in [5, 5.41) is 2.24. The van der Waals surface area contributed by atoms with E-state index in [2.05, 4.69) is 11.8 Å². The zero-order valence-electron chi connectivity index (χ0n) is 9.53. The minimum absolute atomic E-state index is 1.12. The van der Waals surface area contributed by atoms with Crippen LogP contribution in [-0.2, 0) is 0 Å². The van der Waals surface area contributed by atoms with Crippen LogP contribution in [0.15, 0.2) is 0 Å². The van der Waals surface area contributed by atoms with Crippen LogP contribution in [-0.4, -0.2) is 10.5 Å². The number of thioether (sulfide) groups is 1. The molecule has 15 heavy (non-hydrogen) atoms. The van der Waals surface area contributed by atoms with Crippen LogP contribution in [0.25, 0.3) is 0 Å². The van der Waals surface area contributed by atoms with Gasteiger partial charge < -0.3 is 0 Å². The third-order valence-electron chi connectivity index (χ3n) is 5.76. The smallest absolute Gasteiger partial charge is 0.0200 e. The molecule has 1 heteroatoms. The molecule has 6 atom stereocenters. The first-order valence-corrected chi connectivity index (χ1v) is 8.03. The first-order chi connectivity index (χ1) is 7.43. The van der Waals surface area contributed by atoms with Crippen molar-refractivity contribution in [2.24, 2.45) is 23.7 Å². The summed E-state index contributed by atoms with van der Waals surface area (Å²) in [5.74, 6) is 4.64. The molecule has 0 aromatic carbocycles. The molecule has 1 saturated heterocycles. The fraction of sp³-hybridized carbons (Fsp3) is 1.00. The van der Waals surface area contributed by atoms with Crippen molar-refractivity contribution in [1.82, 2.24) is 0 Å². The molecule has 4 aliphatic rings. The van der Waals surface area contributed by atoms with Gasteiger partial charge in [-0.05, 0) is 49.4 Å². The quantitative estimate of drug-likeness (QED) is 0.556. The fourth-order valence-electron chi connectivity index (χ4n) is 5.09. The Labute approximate surface area is 97.6 Å². The number of hydrogen-bond donors (Lipinski definition) is 0. The first kappa shape index (κ1) is 9.39. The van der Waals surface area contributed by atoms with Crippen LogP contribution >= 0.6 is 11.8 Å². The molecule has 3 saturated carbocycles. The van der Waals surface area contributed by atoms with E-state index in [1.807, 2.05) is 0 Å². The van der Waals surface area contributed by atoms with Crippen LogP contribution in [0.2, 0.25) is 0 Å². The summed E-state index contributed by atoms with van der Waals surface area (Å²) in [4.78, 5) is 0. The summed E-state index contributed by atoms with van der Waals surface area (Å²) < 4.78 is 0. The van der Waals surface area contributed by atoms with Crippen molar-refractivity contribution < 1.29 is 0 Å². The number of fused-ring (bicyclic) bond motifs is 5. The van der Waals surface area contributed by atoms with Crippen molar-refractivity contribution >= 4 is 11.8 Å². The van der Waals surface area contributed by atoms with Gasteiger partial charge in [0.25, 0.3) is 0 Å². The Morgan fingerprint density at radius 1 is 0.667 bits per heavy atom. The van der Waals surface area contributed by atoms with Crippen molar-refractivity contribution in [2.45, 2.75) is 61.9 Å². The fourth-order valence-corrected chi connectivity index (χ4v) is 6.56. The minimum atomic E-state index is 1.12. The second-order valence-electron chi connectivity index (χ2n) is 6.33. The average Bonchev–Trinajstić information content (AvgIpc) is 2.94. The van der Waals surface area contributed by atoms with Gasteiger partial charge >= 0.3 is 0 Å². The predicted molar refractivity (Wildman–Crippen MR) is 66.1 cm³/mol. The normalized spacial score (nSPS) is 57.6. The molecule has 1 aliphatic heterocycles. The molecule has 84 valence electrons. The third-order valence-corrected chi connectivity index (χ3v) is 7.32. The topological polar surface area (TPSA) is 0 Å². The standard InChI is InChI=1S/C14H22S/c1-3-9-4-2-6-12-11(10(9)5-1)7-8-13-14(12)15-13/h9-14H,1-8H2. The predicted octanol–water partition coefficient (Wildman–Crippen LogP) is 4.10. The average molecular weight is 222 g/mol. The van der Waals surface area contributed by atoms with E-state index < -0.39 is 0 Å². The second kappa shape index (κ2) is 3.42. The Bertz CT molecular complexity index is 260. The molecule has 0 amide bonds. The lowest BCUT2D eigenvalue weighted by Crippen LogP contribution is -2.31. The summed E-state index contributed by atoms with van der Waals surface area (Å²) in [7, 11) is 0. The monoisotopic (exact) mass is 222 g/mol. The van der Waals surface area contributed by atoms with Crippen LogP contribution in [0.4, 0.5) is 0 Å². The molecule has 0 nitrogen and oxygen atoms in total. The Morgan fingerprint density at radius 2 is 1.47 bits per heavy atom. The summed E-state index contributed by atoms with van der Waals surface area (Å²) in [6, 6.07) is 0. The summed E-state index contributed by atoms with van der Waals surface area (Å²) in [5.41, 5.74) is 0. The van der Waals surface area contributed by atoms with Gasteiger partial charge in [-0.15, -0.1) is 0 Å². The van der Waals surface area contributed by atoms with E-state index in [1.54, 1.807) is 51.4 Å². The summed E-state index contributed by atoms with van der Waals surface area (Å²) >= 11 is 2.33. The highest BCUT2D eigenvalue weighted by Gasteiger charge is 2.53. The second-order valence-corrected chi connectivity index (χ2v) is 7.75. The molecule has 0 aromatic heterocycles. The Hall–Kier alpha value is 0.350. The van der Waals surface area contributed by atoms with Crippen LogP contribution in [0, 0.1) is 23.7 Å². The maximum Gasteiger partial charge on any atom is 0.0200 e. The van der Waals surface area contributed by atoms with E-state index >= 15 is 0 Å². The maximum atomic E-state index is 2.33. The van der Waals surface area contributed by atoms with Gasteiger partial charge in [0.05, 0.1) is 0 Å². The van der Waals surface area contributed by atoms with E-state index in [-0.39, 0.29) is 0 Å². The van der Waals surface area contributed by atoms with Crippen LogP contribution in [0.3, 0.4) is 0 Å². The highest BCUT2D eigenvalue weighted by atomic mass is 32.2. The van der Waals surface area contributed by atoms with Crippen molar-refractivity contribution in [2.75, 3.05) is 0 Å². The zero-order valence-corrected chi connectivity index (χ0v) is 10.3. The van der Waals surface area contributed by atoms with Crippen molar-refractivity contribution in [1.29, 1.82) is 0 Å². The molecule has 4 rings (SSSR count). The largest absolute Gasteiger partial charge is 0.153 e. The van der Waals surface area contributed by atoms with Gasteiger partial charge in [0.2, 0.25) is 0 Å². The molecule has 0 spiro atoms. The molecule has 0 aromatic rings. The van der Waals surface area contributed by atoms with Crippen LogP contribution in [0.5, 0.6) is 0 Å². The summed E-state index contributed by atoms with van der Waals surface area (Å²) in [6.45, 7) is 0. The van der Waals surface area contributed by atoms with Crippen LogP contribution < -0.4 is 0 Å². The van der Waals surface area contributed by atoms with Gasteiger partial charge in [0.15, 0.2) is 0 Å². The van der Waals surface area contributed by atoms with E-state index in [0.717, 1.165) is 28.3 Å². The molecule has 1 heterocycles. The first-order valence-electron chi connectivity index (χ1n) is 7.09. The molecular formula is C14H22S. The van der Waals surface area contributed by atoms with Gasteiger partial charge in [0.1, 0.15) is 0 Å². The van der Waals surface area contributed by atoms with E-state index in [4.69, 9.17) is 0 Å². The lowest BCUT2D eigenvalue weighted by atomic mass is 9.70. The van der Waals surface area contributed by atoms with Gasteiger partial charge in [0, 0.05) is 10.5 Å². The highest BCUT2D eigenvalue weighted by Crippen LogP contribution is 2.61. The van der Waals surface area contributed by atoms with E-state index in [0.29, 0.717) is 0 Å². The number of hydrogen-bond acceptors (Lipinski definition) is 1. The van der Waals surface area contributed by atoms with Gasteiger partial charge in [-0.1, -0.05) is 25.7 Å².